The number of urea groups is 1. The molecule has 0 radical (unpaired) electrons. The molecule has 4 aromatic carbocycles. The number of fused-ring (bicyclic) bond motifs is 2. The fraction of sp³-hybridized carbons (Fsp3) is 0.143. The monoisotopic (exact) mass is 574 g/mol. The van der Waals surface area contributed by atoms with Gasteiger partial charge in [0, 0.05) is 48.3 Å². The molecule has 6 rings (SSSR count). The van der Waals surface area contributed by atoms with Crippen molar-refractivity contribution in [2.45, 2.75) is 12.3 Å². The third-order valence-electron chi connectivity index (χ3n) is 8.02. The molecular weight excluding hydrogens is 543 g/mol. The average Bonchev–Trinajstić information content (AvgIpc) is 3.39. The minimum absolute atomic E-state index is 0.143. The Bertz CT molecular complexity index is 2020. The summed E-state index contributed by atoms with van der Waals surface area (Å²) in [5.74, 6) is -1.41. The number of H-pyrrole nitrogens is 1. The highest BCUT2D eigenvalue weighted by atomic mass is 19.1. The number of aromatic hydroxyl groups is 1. The van der Waals surface area contributed by atoms with E-state index in [1.54, 1.807) is 49.3 Å². The smallest absolute Gasteiger partial charge is 0.321 e. The van der Waals surface area contributed by atoms with Crippen LogP contribution in [-0.4, -0.2) is 34.3 Å². The van der Waals surface area contributed by atoms with E-state index in [4.69, 9.17) is 0 Å². The Morgan fingerprint density at radius 2 is 1.65 bits per heavy atom. The first-order valence-electron chi connectivity index (χ1n) is 14.1. The number of carbonyl (C=O) groups is 1. The van der Waals surface area contributed by atoms with Crippen LogP contribution in [0.4, 0.5) is 14.9 Å². The normalized spacial score (nSPS) is 12.0. The van der Waals surface area contributed by atoms with Gasteiger partial charge in [0.25, 0.3) is 5.56 Å². The molecule has 2 aromatic heterocycles. The number of para-hydroxylation sites is 3. The van der Waals surface area contributed by atoms with E-state index in [-0.39, 0.29) is 22.9 Å². The highest BCUT2D eigenvalue weighted by molar-refractivity contribution is 5.91. The van der Waals surface area contributed by atoms with Crippen LogP contribution in [0.25, 0.3) is 21.8 Å². The third-order valence-corrected chi connectivity index (χ3v) is 8.02. The first kappa shape index (κ1) is 27.8. The van der Waals surface area contributed by atoms with Gasteiger partial charge in [0.05, 0.1) is 17.0 Å². The summed E-state index contributed by atoms with van der Waals surface area (Å²) in [5, 5.41) is 16.1. The summed E-state index contributed by atoms with van der Waals surface area (Å²) in [6.45, 7) is 0.308. The van der Waals surface area contributed by atoms with Crippen LogP contribution in [0.15, 0.2) is 108 Å². The number of nitrogens with one attached hydrogen (secondary N) is 2. The van der Waals surface area contributed by atoms with Crippen molar-refractivity contribution in [1.29, 1.82) is 0 Å². The molecule has 216 valence electrons. The lowest BCUT2D eigenvalue weighted by Crippen LogP contribution is -2.38. The van der Waals surface area contributed by atoms with E-state index in [2.05, 4.69) is 10.3 Å². The highest BCUT2D eigenvalue weighted by Crippen LogP contribution is 2.41. The lowest BCUT2D eigenvalue weighted by molar-refractivity contribution is 0.247. The van der Waals surface area contributed by atoms with Crippen molar-refractivity contribution in [3.05, 3.63) is 142 Å². The molecule has 7 nitrogen and oxygen atoms in total. The number of hydrogen-bond acceptors (Lipinski definition) is 3. The van der Waals surface area contributed by atoms with Crippen LogP contribution in [-0.2, 0) is 13.5 Å². The second-order valence-electron chi connectivity index (χ2n) is 10.6. The minimum atomic E-state index is -0.816. The molecular formula is C35H31FN4O3. The largest absolute Gasteiger partial charge is 0.507 e. The number of hydrogen-bond donors (Lipinski definition) is 3. The first-order chi connectivity index (χ1) is 20.8. The van der Waals surface area contributed by atoms with Crippen molar-refractivity contribution in [3.63, 3.8) is 0 Å². The number of benzene rings is 4. The topological polar surface area (TPSA) is 90.4 Å². The van der Waals surface area contributed by atoms with E-state index in [0.29, 0.717) is 35.1 Å². The Kier molecular flexibility index (Phi) is 7.42. The Morgan fingerprint density at radius 1 is 0.953 bits per heavy atom. The van der Waals surface area contributed by atoms with Crippen LogP contribution < -0.4 is 15.8 Å². The van der Waals surface area contributed by atoms with E-state index in [1.165, 1.54) is 16.7 Å². The highest BCUT2D eigenvalue weighted by Gasteiger charge is 2.30. The number of pyridine rings is 1. The van der Waals surface area contributed by atoms with Crippen LogP contribution in [0, 0.1) is 5.82 Å². The molecule has 0 spiro atoms. The number of aromatic amines is 1. The van der Waals surface area contributed by atoms with Gasteiger partial charge < -0.3 is 20.0 Å². The second kappa shape index (κ2) is 11.5. The number of aromatic nitrogens is 2. The number of anilines is 1. The van der Waals surface area contributed by atoms with Crippen LogP contribution >= 0.6 is 0 Å². The number of nitrogens with zero attached hydrogens (tertiary/aromatic N) is 2. The number of amides is 2. The van der Waals surface area contributed by atoms with Crippen LogP contribution in [0.3, 0.4) is 0 Å². The fourth-order valence-corrected chi connectivity index (χ4v) is 5.85. The van der Waals surface area contributed by atoms with Gasteiger partial charge in [-0.05, 0) is 60.0 Å². The summed E-state index contributed by atoms with van der Waals surface area (Å²) in [5.41, 5.74) is 3.99. The van der Waals surface area contributed by atoms with E-state index in [0.717, 1.165) is 22.2 Å². The summed E-state index contributed by atoms with van der Waals surface area (Å²) >= 11 is 0. The Hall–Kier alpha value is -5.37. The summed E-state index contributed by atoms with van der Waals surface area (Å²) < 4.78 is 16.2. The molecule has 3 N–H and O–H groups in total. The molecule has 6 aromatic rings. The van der Waals surface area contributed by atoms with E-state index in [1.807, 2.05) is 60.7 Å². The summed E-state index contributed by atoms with van der Waals surface area (Å²) in [6, 6.07) is 30.1. The zero-order valence-corrected chi connectivity index (χ0v) is 23.8. The molecule has 1 unspecified atom stereocenters. The zero-order valence-electron chi connectivity index (χ0n) is 23.8. The fourth-order valence-electron chi connectivity index (χ4n) is 5.85. The molecule has 0 fully saturated rings. The van der Waals surface area contributed by atoms with E-state index >= 15 is 0 Å². The molecule has 43 heavy (non-hydrogen) atoms. The standard InChI is InChI=1S/C35H31FN4O3/c1-39(24-13-4-3-5-14-24)35(43)37-20-19-26-25-15-6-8-17-28(25)38-32(26)30(22-11-10-12-23(36)21-22)31-33(41)27-16-7-9-18-29(27)40(2)34(31)42/h3-18,21,30,38,41H,19-20H2,1-2H3,(H,37,43). The molecule has 2 amide bonds. The number of rotatable bonds is 7. The predicted molar refractivity (Wildman–Crippen MR) is 168 cm³/mol. The van der Waals surface area contributed by atoms with Crippen molar-refractivity contribution in [1.82, 2.24) is 14.9 Å². The Labute approximate surface area is 247 Å². The molecule has 0 saturated carbocycles. The van der Waals surface area contributed by atoms with E-state index < -0.39 is 11.7 Å². The van der Waals surface area contributed by atoms with Gasteiger partial charge in [-0.25, -0.2) is 9.18 Å². The van der Waals surface area contributed by atoms with E-state index in [9.17, 15) is 19.1 Å². The summed E-state index contributed by atoms with van der Waals surface area (Å²) in [4.78, 5) is 32.0. The van der Waals surface area contributed by atoms with Gasteiger partial charge >= 0.3 is 6.03 Å². The lowest BCUT2D eigenvalue weighted by atomic mass is 9.85. The van der Waals surface area contributed by atoms with Crippen molar-refractivity contribution in [2.75, 3.05) is 18.5 Å². The second-order valence-corrected chi connectivity index (χ2v) is 10.6. The van der Waals surface area contributed by atoms with Gasteiger partial charge in [-0.2, -0.15) is 0 Å². The molecule has 1 atom stereocenters. The van der Waals surface area contributed by atoms with Crippen LogP contribution in [0.5, 0.6) is 5.75 Å². The molecule has 0 bridgehead atoms. The number of halogens is 1. The van der Waals surface area contributed by atoms with Gasteiger partial charge in [0.2, 0.25) is 0 Å². The first-order valence-corrected chi connectivity index (χ1v) is 14.1. The van der Waals surface area contributed by atoms with Gasteiger partial charge in [0.1, 0.15) is 11.6 Å². The third kappa shape index (κ3) is 5.12. The molecule has 8 heteroatoms. The SMILES string of the molecule is CN(C(=O)NCCc1c(C(c2cccc(F)c2)c2c(O)c3ccccc3n(C)c2=O)[nH]c2ccccc12)c1ccccc1. The maximum atomic E-state index is 14.7. The molecule has 0 saturated heterocycles. The maximum Gasteiger partial charge on any atom is 0.321 e. The Balaban J connectivity index is 1.47. The Morgan fingerprint density at radius 3 is 2.42 bits per heavy atom. The minimum Gasteiger partial charge on any atom is -0.507 e. The number of carbonyl (C=O) groups excluding carboxylic acids is 1. The average molecular weight is 575 g/mol. The van der Waals surface area contributed by atoms with Crippen molar-refractivity contribution >= 4 is 33.5 Å². The van der Waals surface area contributed by atoms with Gasteiger partial charge in [0.15, 0.2) is 0 Å². The van der Waals surface area contributed by atoms with Gasteiger partial charge in [-0.1, -0.05) is 60.7 Å². The summed E-state index contributed by atoms with van der Waals surface area (Å²) in [7, 11) is 3.38. The maximum absolute atomic E-state index is 14.7. The molecule has 2 heterocycles. The van der Waals surface area contributed by atoms with Crippen LogP contribution in [0.1, 0.15) is 28.3 Å². The van der Waals surface area contributed by atoms with Gasteiger partial charge in [-0.15, -0.1) is 0 Å². The van der Waals surface area contributed by atoms with Crippen LogP contribution in [0.2, 0.25) is 0 Å². The summed E-state index contributed by atoms with van der Waals surface area (Å²) in [6.07, 6.45) is 0.425. The lowest BCUT2D eigenvalue weighted by Gasteiger charge is -2.22. The quantitative estimate of drug-likeness (QED) is 0.205. The number of aryl methyl sites for hydroxylation is 1. The van der Waals surface area contributed by atoms with Crippen molar-refractivity contribution in [2.24, 2.45) is 7.05 Å². The molecule has 0 aliphatic carbocycles. The van der Waals surface area contributed by atoms with Crippen molar-refractivity contribution in [3.8, 4) is 5.75 Å². The van der Waals surface area contributed by atoms with Gasteiger partial charge in [-0.3, -0.25) is 9.69 Å². The predicted octanol–water partition coefficient (Wildman–Crippen LogP) is 6.43. The zero-order chi connectivity index (χ0) is 30.1. The molecule has 0 aliphatic heterocycles. The van der Waals surface area contributed by atoms with Crippen molar-refractivity contribution < 1.29 is 14.3 Å². The molecule has 0 aliphatic rings.